The van der Waals surface area contributed by atoms with E-state index in [9.17, 15) is 13.2 Å². The van der Waals surface area contributed by atoms with E-state index in [4.69, 9.17) is 11.6 Å². The Morgan fingerprint density at radius 3 is 2.39 bits per heavy atom. The van der Waals surface area contributed by atoms with E-state index in [0.29, 0.717) is 10.7 Å². The molecular weight excluding hydrogens is 389 g/mol. The molecule has 100 valence electrons. The van der Waals surface area contributed by atoms with Crippen LogP contribution < -0.4 is 5.32 Å². The lowest BCUT2D eigenvalue weighted by Gasteiger charge is -2.21. The van der Waals surface area contributed by atoms with Crippen LogP contribution in [-0.4, -0.2) is 25.3 Å². The topological polar surface area (TPSA) is 63.2 Å². The van der Waals surface area contributed by atoms with Crippen molar-refractivity contribution in [2.24, 2.45) is 0 Å². The number of carbonyl (C=O) groups is 1. The number of amides is 1. The molecule has 0 saturated heterocycles. The van der Waals surface area contributed by atoms with Crippen LogP contribution in [0, 0.1) is 3.57 Å². The van der Waals surface area contributed by atoms with Crippen LogP contribution >= 0.6 is 34.2 Å². The molecule has 0 aliphatic rings. The predicted octanol–water partition coefficient (Wildman–Crippen LogP) is 2.71. The molecule has 0 aromatic heterocycles. The van der Waals surface area contributed by atoms with Crippen LogP contribution in [0.2, 0.25) is 5.02 Å². The maximum Gasteiger partial charge on any atom is 0.245 e. The van der Waals surface area contributed by atoms with Crippen molar-refractivity contribution in [1.82, 2.24) is 0 Å². The maximum atomic E-state index is 12.0. The Hall–Kier alpha value is -0.340. The molecule has 0 atom stereocenters. The monoisotopic (exact) mass is 401 g/mol. The SMILES string of the molecule is CC(C)(C(=O)Nc1ccc(Cl)cc1I)S(C)(=O)=O. The molecule has 0 unspecified atom stereocenters. The fourth-order valence-corrected chi connectivity index (χ4v) is 2.43. The van der Waals surface area contributed by atoms with Gasteiger partial charge < -0.3 is 5.32 Å². The van der Waals surface area contributed by atoms with Gasteiger partial charge in [0.2, 0.25) is 5.91 Å². The van der Waals surface area contributed by atoms with Crippen molar-refractivity contribution in [3.05, 3.63) is 26.8 Å². The predicted molar refractivity (Wildman–Crippen MR) is 81.7 cm³/mol. The number of hydrogen-bond donors (Lipinski definition) is 1. The summed E-state index contributed by atoms with van der Waals surface area (Å²) < 4.78 is 22.4. The van der Waals surface area contributed by atoms with E-state index < -0.39 is 20.5 Å². The van der Waals surface area contributed by atoms with Crippen molar-refractivity contribution in [1.29, 1.82) is 0 Å². The Bertz CT molecular complexity index is 584. The van der Waals surface area contributed by atoms with Gasteiger partial charge in [-0.1, -0.05) is 11.6 Å². The minimum atomic E-state index is -3.48. The smallest absolute Gasteiger partial charge is 0.245 e. The third kappa shape index (κ3) is 3.36. The molecule has 0 spiro atoms. The van der Waals surface area contributed by atoms with E-state index in [-0.39, 0.29) is 0 Å². The highest BCUT2D eigenvalue weighted by molar-refractivity contribution is 14.1. The fourth-order valence-electron chi connectivity index (χ4n) is 1.03. The van der Waals surface area contributed by atoms with Gasteiger partial charge in [-0.05, 0) is 54.6 Å². The van der Waals surface area contributed by atoms with Crippen molar-refractivity contribution in [3.8, 4) is 0 Å². The molecule has 4 nitrogen and oxygen atoms in total. The summed E-state index contributed by atoms with van der Waals surface area (Å²) >= 11 is 7.82. The molecule has 0 bridgehead atoms. The van der Waals surface area contributed by atoms with Gasteiger partial charge in [-0.2, -0.15) is 0 Å². The Morgan fingerprint density at radius 2 is 1.94 bits per heavy atom. The van der Waals surface area contributed by atoms with Crippen LogP contribution in [0.4, 0.5) is 5.69 Å². The van der Waals surface area contributed by atoms with E-state index >= 15 is 0 Å². The number of rotatable bonds is 3. The summed E-state index contributed by atoms with van der Waals surface area (Å²) in [5, 5.41) is 3.16. The molecule has 0 aliphatic carbocycles. The largest absolute Gasteiger partial charge is 0.324 e. The van der Waals surface area contributed by atoms with Gasteiger partial charge in [-0.25, -0.2) is 8.42 Å². The minimum absolute atomic E-state index is 0.543. The molecule has 18 heavy (non-hydrogen) atoms. The molecular formula is C11H13ClINO3S. The van der Waals surface area contributed by atoms with E-state index in [0.717, 1.165) is 9.83 Å². The summed E-state index contributed by atoms with van der Waals surface area (Å²) in [4.78, 5) is 12.0. The van der Waals surface area contributed by atoms with E-state index in [1.54, 1.807) is 18.2 Å². The second kappa shape index (κ2) is 5.34. The Morgan fingerprint density at radius 1 is 1.39 bits per heavy atom. The third-order valence-corrected chi connectivity index (χ3v) is 5.82. The van der Waals surface area contributed by atoms with Crippen LogP contribution in [0.15, 0.2) is 18.2 Å². The molecule has 1 aromatic carbocycles. The van der Waals surface area contributed by atoms with Crippen LogP contribution in [0.1, 0.15) is 13.8 Å². The number of benzene rings is 1. The Balaban J connectivity index is 3.02. The van der Waals surface area contributed by atoms with E-state index in [1.807, 2.05) is 22.6 Å². The molecule has 1 aromatic rings. The highest BCUT2D eigenvalue weighted by Crippen LogP contribution is 2.24. The van der Waals surface area contributed by atoms with Gasteiger partial charge in [0.25, 0.3) is 0 Å². The van der Waals surface area contributed by atoms with Gasteiger partial charge in [0.05, 0.1) is 5.69 Å². The summed E-state index contributed by atoms with van der Waals surface area (Å²) in [6.07, 6.45) is 1.04. The molecule has 1 amide bonds. The van der Waals surface area contributed by atoms with Crippen molar-refractivity contribution >= 4 is 55.6 Å². The summed E-state index contributed by atoms with van der Waals surface area (Å²) in [5.41, 5.74) is 0.543. The number of carbonyl (C=O) groups excluding carboxylic acids is 1. The number of anilines is 1. The Labute approximate surface area is 125 Å². The molecule has 0 aliphatic heterocycles. The van der Waals surface area contributed by atoms with Crippen molar-refractivity contribution in [2.75, 3.05) is 11.6 Å². The van der Waals surface area contributed by atoms with Crippen molar-refractivity contribution in [2.45, 2.75) is 18.6 Å². The normalized spacial score (nSPS) is 12.3. The fraction of sp³-hybridized carbons (Fsp3) is 0.364. The van der Waals surface area contributed by atoms with Gasteiger partial charge in [0.1, 0.15) is 4.75 Å². The van der Waals surface area contributed by atoms with E-state index in [1.165, 1.54) is 13.8 Å². The van der Waals surface area contributed by atoms with Crippen LogP contribution in [0.5, 0.6) is 0 Å². The lowest BCUT2D eigenvalue weighted by atomic mass is 10.2. The quantitative estimate of drug-likeness (QED) is 0.792. The molecule has 0 fully saturated rings. The average molecular weight is 402 g/mol. The molecule has 7 heteroatoms. The second-order valence-corrected chi connectivity index (χ2v) is 8.52. The second-order valence-electron chi connectivity index (χ2n) is 4.36. The van der Waals surface area contributed by atoms with Gasteiger partial charge >= 0.3 is 0 Å². The zero-order valence-corrected chi connectivity index (χ0v) is 13.9. The van der Waals surface area contributed by atoms with Gasteiger partial charge in [0, 0.05) is 14.8 Å². The zero-order chi connectivity index (χ0) is 14.1. The number of sulfone groups is 1. The van der Waals surface area contributed by atoms with Gasteiger partial charge in [-0.15, -0.1) is 0 Å². The lowest BCUT2D eigenvalue weighted by Crippen LogP contribution is -2.44. The molecule has 0 saturated carbocycles. The first kappa shape index (κ1) is 15.7. The lowest BCUT2D eigenvalue weighted by molar-refractivity contribution is -0.117. The van der Waals surface area contributed by atoms with Crippen molar-refractivity contribution in [3.63, 3.8) is 0 Å². The van der Waals surface area contributed by atoms with Gasteiger partial charge in [-0.3, -0.25) is 4.79 Å². The molecule has 1 N–H and O–H groups in total. The molecule has 0 radical (unpaired) electrons. The summed E-state index contributed by atoms with van der Waals surface area (Å²) in [5.74, 6) is -0.565. The van der Waals surface area contributed by atoms with Crippen LogP contribution in [0.25, 0.3) is 0 Å². The summed E-state index contributed by atoms with van der Waals surface area (Å²) in [6, 6.07) is 4.96. The number of hydrogen-bond acceptors (Lipinski definition) is 3. The first-order valence-electron chi connectivity index (χ1n) is 5.02. The van der Waals surface area contributed by atoms with Gasteiger partial charge in [0.15, 0.2) is 9.84 Å². The highest BCUT2D eigenvalue weighted by Gasteiger charge is 2.38. The summed E-state index contributed by atoms with van der Waals surface area (Å²) in [6.45, 7) is 2.75. The average Bonchev–Trinajstić information content (AvgIpc) is 2.20. The van der Waals surface area contributed by atoms with E-state index in [2.05, 4.69) is 5.32 Å². The number of halogens is 2. The standard InChI is InChI=1S/C11H13ClINO3S/c1-11(2,18(3,16)17)10(15)14-9-5-4-7(12)6-8(9)13/h4-6H,1-3H3,(H,14,15). The van der Waals surface area contributed by atoms with Crippen LogP contribution in [0.3, 0.4) is 0 Å². The molecule has 0 heterocycles. The number of nitrogens with one attached hydrogen (secondary N) is 1. The first-order valence-corrected chi connectivity index (χ1v) is 8.36. The minimum Gasteiger partial charge on any atom is -0.324 e. The first-order chi connectivity index (χ1) is 8.05. The third-order valence-electron chi connectivity index (χ3n) is 2.65. The zero-order valence-electron chi connectivity index (χ0n) is 10.1. The Kier molecular flexibility index (Phi) is 4.66. The highest BCUT2D eigenvalue weighted by atomic mass is 127. The summed E-state index contributed by atoms with van der Waals surface area (Å²) in [7, 11) is -3.48. The van der Waals surface area contributed by atoms with Crippen LogP contribution in [-0.2, 0) is 14.6 Å². The van der Waals surface area contributed by atoms with Crippen molar-refractivity contribution < 1.29 is 13.2 Å². The maximum absolute atomic E-state index is 12.0. The molecule has 1 rings (SSSR count).